The first-order chi connectivity index (χ1) is 5.36. The minimum Gasteiger partial charge on any atom is -0.222 e. The maximum atomic E-state index is 5.72. The van der Waals surface area contributed by atoms with Gasteiger partial charge in [0.2, 0.25) is 6.33 Å². The zero-order valence-corrected chi connectivity index (χ0v) is 6.21. The van der Waals surface area contributed by atoms with E-state index >= 15 is 0 Å². The van der Waals surface area contributed by atoms with Gasteiger partial charge in [-0.25, -0.2) is 4.98 Å². The van der Waals surface area contributed by atoms with Crippen molar-refractivity contribution in [1.29, 1.82) is 0 Å². The van der Waals surface area contributed by atoms with Gasteiger partial charge in [0.15, 0.2) is 0 Å². The lowest BCUT2D eigenvalue weighted by Crippen LogP contribution is -1.85. The maximum absolute atomic E-state index is 5.72. The third-order valence-electron chi connectivity index (χ3n) is 1.31. The van der Waals surface area contributed by atoms with E-state index in [1.807, 2.05) is 0 Å². The highest BCUT2D eigenvalue weighted by atomic mass is 35.5. The van der Waals surface area contributed by atoms with Crippen molar-refractivity contribution >= 4 is 22.6 Å². The van der Waals surface area contributed by atoms with Gasteiger partial charge in [0.25, 0.3) is 0 Å². The van der Waals surface area contributed by atoms with Gasteiger partial charge in [0, 0.05) is 5.02 Å². The second-order valence-electron chi connectivity index (χ2n) is 2.04. The van der Waals surface area contributed by atoms with Gasteiger partial charge < -0.3 is 0 Å². The van der Waals surface area contributed by atoms with Crippen molar-refractivity contribution in [3.63, 3.8) is 0 Å². The lowest BCUT2D eigenvalue weighted by Gasteiger charge is -1.92. The van der Waals surface area contributed by atoms with E-state index in [2.05, 4.69) is 21.5 Å². The van der Waals surface area contributed by atoms with Crippen LogP contribution in [0.15, 0.2) is 18.2 Å². The number of nitrogens with zero attached hydrogens (tertiary/aromatic N) is 3. The predicted molar refractivity (Wildman–Crippen MR) is 41.2 cm³/mol. The summed E-state index contributed by atoms with van der Waals surface area (Å²) in [5.41, 5.74) is 1.45. The Bertz CT molecular complexity index is 388. The molecule has 0 unspecified atom stereocenters. The molecule has 1 aromatic carbocycles. The van der Waals surface area contributed by atoms with Crippen molar-refractivity contribution in [3.05, 3.63) is 29.5 Å². The molecule has 0 aliphatic carbocycles. The molecule has 1 heterocycles. The fourth-order valence-electron chi connectivity index (χ4n) is 0.823. The summed E-state index contributed by atoms with van der Waals surface area (Å²) in [5.74, 6) is 0. The molecule has 1 aromatic heterocycles. The van der Waals surface area contributed by atoms with Crippen LogP contribution in [0.4, 0.5) is 0 Å². The Morgan fingerprint density at radius 1 is 1.27 bits per heavy atom. The number of hydrogen-bond donors (Lipinski definition) is 0. The van der Waals surface area contributed by atoms with Crippen molar-refractivity contribution in [2.75, 3.05) is 0 Å². The molecule has 2 rings (SSSR count). The molecule has 0 atom stereocenters. The number of rotatable bonds is 0. The molecule has 53 valence electrons. The van der Waals surface area contributed by atoms with E-state index in [0.717, 1.165) is 5.52 Å². The Labute approximate surface area is 68.0 Å². The molecule has 0 bridgehead atoms. The molecule has 0 spiro atoms. The van der Waals surface area contributed by atoms with Crippen LogP contribution in [0.25, 0.3) is 11.0 Å². The summed E-state index contributed by atoms with van der Waals surface area (Å²) in [5, 5.41) is 7.95. The summed E-state index contributed by atoms with van der Waals surface area (Å²) in [4.78, 5) is 3.86. The van der Waals surface area contributed by atoms with E-state index in [9.17, 15) is 0 Å². The molecule has 4 heteroatoms. The smallest absolute Gasteiger partial charge is 0.222 e. The van der Waals surface area contributed by atoms with Gasteiger partial charge in [-0.05, 0) is 18.2 Å². The second-order valence-corrected chi connectivity index (χ2v) is 2.48. The van der Waals surface area contributed by atoms with Gasteiger partial charge in [0.05, 0.1) is 5.52 Å². The number of benzene rings is 1. The van der Waals surface area contributed by atoms with Crippen molar-refractivity contribution < 1.29 is 0 Å². The molecule has 0 aliphatic rings. The maximum Gasteiger partial charge on any atom is 0.222 e. The first-order valence-corrected chi connectivity index (χ1v) is 3.40. The molecule has 0 fully saturated rings. The van der Waals surface area contributed by atoms with Gasteiger partial charge in [-0.15, -0.1) is 10.2 Å². The van der Waals surface area contributed by atoms with Crippen molar-refractivity contribution in [3.8, 4) is 0 Å². The molecule has 3 nitrogen and oxygen atoms in total. The summed E-state index contributed by atoms with van der Waals surface area (Å²) < 4.78 is 0. The van der Waals surface area contributed by atoms with Gasteiger partial charge >= 0.3 is 0 Å². The normalized spacial score (nSPS) is 10.3. The standard InChI is InChI=1S/C7H3ClN3/c8-5-1-2-6-7(3-5)9-4-10-11-6/h1-3H. The number of halogens is 1. The average Bonchev–Trinajstić information content (AvgIpc) is 2.04. The van der Waals surface area contributed by atoms with E-state index in [1.165, 1.54) is 0 Å². The molecule has 0 aliphatic heterocycles. The Hall–Kier alpha value is -1.22. The molecule has 2 aromatic rings. The molecular weight excluding hydrogens is 162 g/mol. The zero-order chi connectivity index (χ0) is 7.68. The molecule has 1 radical (unpaired) electrons. The topological polar surface area (TPSA) is 38.7 Å². The molecule has 0 N–H and O–H groups in total. The van der Waals surface area contributed by atoms with Crippen molar-refractivity contribution in [1.82, 2.24) is 15.2 Å². The van der Waals surface area contributed by atoms with Crippen molar-refractivity contribution in [2.24, 2.45) is 0 Å². The number of aromatic nitrogens is 3. The monoisotopic (exact) mass is 164 g/mol. The molecule has 0 saturated carbocycles. The molecular formula is C7H3ClN3. The van der Waals surface area contributed by atoms with Crippen molar-refractivity contribution in [2.45, 2.75) is 0 Å². The van der Waals surface area contributed by atoms with Crippen LogP contribution in [0.5, 0.6) is 0 Å². The van der Waals surface area contributed by atoms with Crippen LogP contribution < -0.4 is 0 Å². The van der Waals surface area contributed by atoms with Crippen LogP contribution in [0, 0.1) is 6.33 Å². The van der Waals surface area contributed by atoms with E-state index in [-0.39, 0.29) is 0 Å². The quantitative estimate of drug-likeness (QED) is 0.592. The highest BCUT2D eigenvalue weighted by Gasteiger charge is 1.95. The predicted octanol–water partition coefficient (Wildman–Crippen LogP) is 1.48. The van der Waals surface area contributed by atoms with Crippen LogP contribution in [0.2, 0.25) is 5.02 Å². The summed E-state index contributed by atoms with van der Waals surface area (Å²) in [6.45, 7) is 0. The Morgan fingerprint density at radius 3 is 3.09 bits per heavy atom. The van der Waals surface area contributed by atoms with Gasteiger partial charge in [0.1, 0.15) is 5.52 Å². The fourth-order valence-corrected chi connectivity index (χ4v) is 0.989. The van der Waals surface area contributed by atoms with E-state index < -0.39 is 0 Å². The first-order valence-electron chi connectivity index (χ1n) is 3.02. The first kappa shape index (κ1) is 6.49. The average molecular weight is 165 g/mol. The van der Waals surface area contributed by atoms with Gasteiger partial charge in [-0.1, -0.05) is 11.6 Å². The fraction of sp³-hybridized carbons (Fsp3) is 0. The van der Waals surface area contributed by atoms with Gasteiger partial charge in [-0.3, -0.25) is 0 Å². The van der Waals surface area contributed by atoms with E-state index in [0.29, 0.717) is 10.5 Å². The molecule has 0 saturated heterocycles. The highest BCUT2D eigenvalue weighted by molar-refractivity contribution is 6.31. The van der Waals surface area contributed by atoms with E-state index in [4.69, 9.17) is 11.6 Å². The SMILES string of the molecule is Clc1ccc2nn[c]nc2c1. The Morgan fingerprint density at radius 2 is 2.18 bits per heavy atom. The highest BCUT2D eigenvalue weighted by Crippen LogP contribution is 2.13. The second kappa shape index (κ2) is 2.43. The minimum absolute atomic E-state index is 0.645. The molecule has 0 amide bonds. The molecule has 11 heavy (non-hydrogen) atoms. The van der Waals surface area contributed by atoms with Crippen LogP contribution in [0.3, 0.4) is 0 Å². The Kier molecular flexibility index (Phi) is 1.43. The lowest BCUT2D eigenvalue weighted by atomic mass is 10.3. The lowest BCUT2D eigenvalue weighted by molar-refractivity contribution is 1.01. The van der Waals surface area contributed by atoms with E-state index in [1.54, 1.807) is 18.2 Å². The largest absolute Gasteiger partial charge is 0.222 e. The summed E-state index contributed by atoms with van der Waals surface area (Å²) >= 11 is 5.72. The number of fused-ring (bicyclic) bond motifs is 1. The minimum atomic E-state index is 0.645. The summed E-state index contributed by atoms with van der Waals surface area (Å²) in [6.07, 6.45) is 2.39. The Balaban J connectivity index is 2.83. The number of hydrogen-bond acceptors (Lipinski definition) is 3. The van der Waals surface area contributed by atoms with Crippen LogP contribution in [-0.4, -0.2) is 15.2 Å². The third-order valence-corrected chi connectivity index (χ3v) is 1.55. The van der Waals surface area contributed by atoms with Gasteiger partial charge in [-0.2, -0.15) is 0 Å². The van der Waals surface area contributed by atoms with Crippen LogP contribution in [0.1, 0.15) is 0 Å². The third kappa shape index (κ3) is 1.14. The zero-order valence-electron chi connectivity index (χ0n) is 5.45. The van der Waals surface area contributed by atoms with Crippen LogP contribution in [-0.2, 0) is 0 Å². The summed E-state index contributed by atoms with van der Waals surface area (Å²) in [7, 11) is 0. The van der Waals surface area contributed by atoms with Crippen LogP contribution >= 0.6 is 11.6 Å². The summed E-state index contributed by atoms with van der Waals surface area (Å²) in [6, 6.07) is 5.24.